The highest BCUT2D eigenvalue weighted by Gasteiger charge is 2.17. The van der Waals surface area contributed by atoms with Crippen LogP contribution in [0.25, 0.3) is 0 Å². The number of piperazine rings is 1. The van der Waals surface area contributed by atoms with Gasteiger partial charge in [0.05, 0.1) is 6.61 Å². The third-order valence-electron chi connectivity index (χ3n) is 3.75. The largest absolute Gasteiger partial charge is 0.395 e. The van der Waals surface area contributed by atoms with Crippen LogP contribution in [0, 0.1) is 0 Å². The number of hydrogen-bond donors (Lipinski definition) is 2. The minimum absolute atomic E-state index is 0.235. The maximum absolute atomic E-state index is 9.13. The van der Waals surface area contributed by atoms with Crippen LogP contribution in [0.2, 0.25) is 0 Å². The van der Waals surface area contributed by atoms with Gasteiger partial charge in [-0.2, -0.15) is 0 Å². The Morgan fingerprint density at radius 2 is 1.67 bits per heavy atom. The molecular weight excluding hydrogens is 228 g/mol. The van der Waals surface area contributed by atoms with E-state index >= 15 is 0 Å². The highest BCUT2D eigenvalue weighted by atomic mass is 16.3. The Hall–Kier alpha value is -0.200. The Bertz CT molecular complexity index is 201. The number of aliphatic hydroxyl groups is 1. The lowest BCUT2D eigenvalue weighted by Gasteiger charge is -2.35. The van der Waals surface area contributed by atoms with E-state index in [1.807, 2.05) is 7.05 Å². The van der Waals surface area contributed by atoms with Gasteiger partial charge in [0.25, 0.3) is 0 Å². The molecule has 1 rings (SSSR count). The highest BCUT2D eigenvalue weighted by Crippen LogP contribution is 2.03. The second-order valence-corrected chi connectivity index (χ2v) is 5.44. The number of hydrogen-bond acceptors (Lipinski definition) is 5. The summed E-state index contributed by atoms with van der Waals surface area (Å²) in [5.41, 5.74) is 0. The molecule has 1 fully saturated rings. The summed E-state index contributed by atoms with van der Waals surface area (Å²) < 4.78 is 0. The number of aliphatic hydroxyl groups excluding tert-OH is 1. The fourth-order valence-electron chi connectivity index (χ4n) is 2.24. The maximum atomic E-state index is 9.13. The number of nitrogens with one attached hydrogen (secondary N) is 1. The third-order valence-corrected chi connectivity index (χ3v) is 3.75. The van der Waals surface area contributed by atoms with Crippen LogP contribution >= 0.6 is 0 Å². The van der Waals surface area contributed by atoms with Crippen LogP contribution in [0.3, 0.4) is 0 Å². The first-order chi connectivity index (χ1) is 8.65. The van der Waals surface area contributed by atoms with E-state index in [0.29, 0.717) is 0 Å². The van der Waals surface area contributed by atoms with Gasteiger partial charge in [-0.15, -0.1) is 0 Å². The molecule has 0 radical (unpaired) electrons. The molecule has 0 aromatic rings. The minimum Gasteiger partial charge on any atom is -0.395 e. The normalized spacial score (nSPS) is 20.5. The van der Waals surface area contributed by atoms with Crippen LogP contribution in [-0.2, 0) is 0 Å². The van der Waals surface area contributed by atoms with Gasteiger partial charge in [-0.05, 0) is 34.1 Å². The van der Waals surface area contributed by atoms with Crippen molar-refractivity contribution in [2.24, 2.45) is 0 Å². The first kappa shape index (κ1) is 15.9. The zero-order valence-corrected chi connectivity index (χ0v) is 12.2. The second kappa shape index (κ2) is 8.82. The molecule has 18 heavy (non-hydrogen) atoms. The molecule has 1 atom stereocenters. The van der Waals surface area contributed by atoms with Gasteiger partial charge in [0.15, 0.2) is 0 Å². The second-order valence-electron chi connectivity index (χ2n) is 5.44. The summed E-state index contributed by atoms with van der Waals surface area (Å²) in [6.07, 6.45) is 1.03. The predicted octanol–water partition coefficient (Wildman–Crippen LogP) is -0.864. The van der Waals surface area contributed by atoms with E-state index in [1.54, 1.807) is 0 Å². The van der Waals surface area contributed by atoms with E-state index in [2.05, 4.69) is 34.1 Å². The van der Waals surface area contributed by atoms with E-state index in [1.165, 1.54) is 19.6 Å². The SMILES string of the molecule is CNC(CO)CCN1CCN(CCN(C)C)CC1. The van der Waals surface area contributed by atoms with Crippen molar-refractivity contribution in [2.75, 3.05) is 73.6 Å². The van der Waals surface area contributed by atoms with E-state index in [4.69, 9.17) is 5.11 Å². The van der Waals surface area contributed by atoms with E-state index < -0.39 is 0 Å². The average Bonchev–Trinajstić information content (AvgIpc) is 2.39. The molecule has 1 saturated heterocycles. The van der Waals surface area contributed by atoms with E-state index in [-0.39, 0.29) is 12.6 Å². The van der Waals surface area contributed by atoms with Crippen molar-refractivity contribution in [1.82, 2.24) is 20.0 Å². The van der Waals surface area contributed by atoms with Gasteiger partial charge < -0.3 is 20.2 Å². The van der Waals surface area contributed by atoms with Gasteiger partial charge in [-0.3, -0.25) is 4.90 Å². The minimum atomic E-state index is 0.235. The Kier molecular flexibility index (Phi) is 7.77. The number of nitrogens with zero attached hydrogens (tertiary/aromatic N) is 3. The van der Waals surface area contributed by atoms with Gasteiger partial charge >= 0.3 is 0 Å². The van der Waals surface area contributed by atoms with Gasteiger partial charge in [-0.25, -0.2) is 0 Å². The number of rotatable bonds is 8. The predicted molar refractivity (Wildman–Crippen MR) is 76.0 cm³/mol. The van der Waals surface area contributed by atoms with Gasteiger partial charge in [0, 0.05) is 45.3 Å². The fraction of sp³-hybridized carbons (Fsp3) is 1.00. The molecule has 108 valence electrons. The molecule has 2 N–H and O–H groups in total. The summed E-state index contributed by atoms with van der Waals surface area (Å²) in [4.78, 5) is 7.29. The summed E-state index contributed by atoms with van der Waals surface area (Å²) in [5.74, 6) is 0. The summed E-state index contributed by atoms with van der Waals surface area (Å²) in [5, 5.41) is 12.3. The van der Waals surface area contributed by atoms with Crippen molar-refractivity contribution in [3.63, 3.8) is 0 Å². The molecule has 0 spiro atoms. The molecular formula is C13H30N4O. The molecule has 5 heteroatoms. The van der Waals surface area contributed by atoms with Crippen LogP contribution in [0.5, 0.6) is 0 Å². The van der Waals surface area contributed by atoms with Gasteiger partial charge in [0.1, 0.15) is 0 Å². The maximum Gasteiger partial charge on any atom is 0.0585 e. The lowest BCUT2D eigenvalue weighted by atomic mass is 10.2. The van der Waals surface area contributed by atoms with Crippen molar-refractivity contribution < 1.29 is 5.11 Å². The Labute approximate surface area is 112 Å². The standard InChI is InChI=1S/C13H30N4O/c1-14-13(12-18)4-5-16-8-10-17(11-9-16)7-6-15(2)3/h13-14,18H,4-12H2,1-3H3. The molecule has 1 aliphatic heterocycles. The van der Waals surface area contributed by atoms with Gasteiger partial charge in [0.2, 0.25) is 0 Å². The first-order valence-electron chi connectivity index (χ1n) is 7.03. The lowest BCUT2D eigenvalue weighted by Crippen LogP contribution is -2.49. The Morgan fingerprint density at radius 1 is 1.11 bits per heavy atom. The van der Waals surface area contributed by atoms with Crippen LogP contribution in [-0.4, -0.2) is 99.4 Å². The average molecular weight is 258 g/mol. The van der Waals surface area contributed by atoms with Gasteiger partial charge in [-0.1, -0.05) is 0 Å². The molecule has 0 aliphatic carbocycles. The zero-order valence-electron chi connectivity index (χ0n) is 12.2. The van der Waals surface area contributed by atoms with Crippen molar-refractivity contribution in [3.05, 3.63) is 0 Å². The molecule has 0 bridgehead atoms. The molecule has 0 amide bonds. The zero-order chi connectivity index (χ0) is 13.4. The molecule has 1 unspecified atom stereocenters. The third kappa shape index (κ3) is 6.11. The molecule has 1 heterocycles. The van der Waals surface area contributed by atoms with Crippen LogP contribution in [0.1, 0.15) is 6.42 Å². The number of likely N-dealkylation sites (N-methyl/N-ethyl adjacent to an activating group) is 2. The molecule has 1 aliphatic rings. The van der Waals surface area contributed by atoms with Crippen molar-refractivity contribution in [2.45, 2.75) is 12.5 Å². The summed E-state index contributed by atoms with van der Waals surface area (Å²) in [6.45, 7) is 8.33. The van der Waals surface area contributed by atoms with Crippen LogP contribution in [0.15, 0.2) is 0 Å². The fourth-order valence-corrected chi connectivity index (χ4v) is 2.24. The lowest BCUT2D eigenvalue weighted by molar-refractivity contribution is 0.118. The topological polar surface area (TPSA) is 42.0 Å². The summed E-state index contributed by atoms with van der Waals surface area (Å²) in [7, 11) is 6.17. The molecule has 0 aromatic carbocycles. The van der Waals surface area contributed by atoms with Crippen LogP contribution < -0.4 is 5.32 Å². The van der Waals surface area contributed by atoms with Crippen molar-refractivity contribution >= 4 is 0 Å². The Balaban J connectivity index is 2.11. The first-order valence-corrected chi connectivity index (χ1v) is 7.03. The van der Waals surface area contributed by atoms with E-state index in [9.17, 15) is 0 Å². The van der Waals surface area contributed by atoms with Crippen molar-refractivity contribution in [3.8, 4) is 0 Å². The van der Waals surface area contributed by atoms with E-state index in [0.717, 1.165) is 32.6 Å². The molecule has 0 aromatic heterocycles. The molecule has 5 nitrogen and oxygen atoms in total. The Morgan fingerprint density at radius 3 is 2.11 bits per heavy atom. The quantitative estimate of drug-likeness (QED) is 0.593. The summed E-state index contributed by atoms with van der Waals surface area (Å²) >= 11 is 0. The van der Waals surface area contributed by atoms with Crippen molar-refractivity contribution in [1.29, 1.82) is 0 Å². The summed E-state index contributed by atoms with van der Waals surface area (Å²) in [6, 6.07) is 0.247. The van der Waals surface area contributed by atoms with Crippen LogP contribution in [0.4, 0.5) is 0 Å². The highest BCUT2D eigenvalue weighted by molar-refractivity contribution is 4.74. The smallest absolute Gasteiger partial charge is 0.0585 e. The monoisotopic (exact) mass is 258 g/mol. The molecule has 0 saturated carbocycles.